The SMILES string of the molecule is CC(C)C1CCC(C(N)Cc2ccc(Br)cc2F)CC1. The highest BCUT2D eigenvalue weighted by Gasteiger charge is 2.27. The molecule has 1 atom stereocenters. The van der Waals surface area contributed by atoms with Crippen molar-refractivity contribution in [2.75, 3.05) is 0 Å². The minimum Gasteiger partial charge on any atom is -0.327 e. The van der Waals surface area contributed by atoms with Crippen molar-refractivity contribution in [2.45, 2.75) is 52.0 Å². The number of rotatable bonds is 4. The molecule has 2 rings (SSSR count). The fourth-order valence-corrected chi connectivity index (χ4v) is 3.68. The molecule has 20 heavy (non-hydrogen) atoms. The van der Waals surface area contributed by atoms with Crippen LogP contribution in [0.5, 0.6) is 0 Å². The molecule has 0 amide bonds. The van der Waals surface area contributed by atoms with Gasteiger partial charge < -0.3 is 5.73 Å². The zero-order valence-corrected chi connectivity index (χ0v) is 14.0. The third kappa shape index (κ3) is 4.05. The Hall–Kier alpha value is -0.410. The van der Waals surface area contributed by atoms with Crippen LogP contribution in [0.25, 0.3) is 0 Å². The van der Waals surface area contributed by atoms with Gasteiger partial charge in [-0.25, -0.2) is 4.39 Å². The number of hydrogen-bond acceptors (Lipinski definition) is 1. The Bertz CT molecular complexity index is 439. The van der Waals surface area contributed by atoms with E-state index in [2.05, 4.69) is 29.8 Å². The molecule has 1 nitrogen and oxygen atoms in total. The van der Waals surface area contributed by atoms with Gasteiger partial charge in [0.1, 0.15) is 5.82 Å². The number of nitrogens with two attached hydrogens (primary N) is 1. The minimum absolute atomic E-state index is 0.0822. The van der Waals surface area contributed by atoms with Crippen molar-refractivity contribution in [1.82, 2.24) is 0 Å². The summed E-state index contributed by atoms with van der Waals surface area (Å²) in [7, 11) is 0. The summed E-state index contributed by atoms with van der Waals surface area (Å²) in [6.07, 6.45) is 5.60. The maximum Gasteiger partial charge on any atom is 0.127 e. The van der Waals surface area contributed by atoms with E-state index in [-0.39, 0.29) is 11.9 Å². The van der Waals surface area contributed by atoms with Gasteiger partial charge in [-0.3, -0.25) is 0 Å². The molecule has 0 saturated heterocycles. The van der Waals surface area contributed by atoms with Crippen LogP contribution in [0.1, 0.15) is 45.1 Å². The fourth-order valence-electron chi connectivity index (χ4n) is 3.35. The third-order valence-electron chi connectivity index (χ3n) is 4.84. The lowest BCUT2D eigenvalue weighted by Gasteiger charge is -2.34. The Labute approximate surface area is 130 Å². The Morgan fingerprint density at radius 2 is 1.80 bits per heavy atom. The van der Waals surface area contributed by atoms with Gasteiger partial charge in [0.25, 0.3) is 0 Å². The lowest BCUT2D eigenvalue weighted by atomic mass is 9.74. The van der Waals surface area contributed by atoms with Crippen LogP contribution in [0.3, 0.4) is 0 Å². The summed E-state index contributed by atoms with van der Waals surface area (Å²) in [6.45, 7) is 4.62. The average Bonchev–Trinajstić information content (AvgIpc) is 2.42. The molecule has 2 N–H and O–H groups in total. The van der Waals surface area contributed by atoms with Crippen LogP contribution in [0, 0.1) is 23.6 Å². The molecule has 0 radical (unpaired) electrons. The number of halogens is 2. The Morgan fingerprint density at radius 1 is 1.20 bits per heavy atom. The monoisotopic (exact) mass is 341 g/mol. The van der Waals surface area contributed by atoms with Gasteiger partial charge in [-0.1, -0.05) is 35.8 Å². The first kappa shape index (κ1) is 16.0. The molecular formula is C17H25BrFN. The van der Waals surface area contributed by atoms with Gasteiger partial charge in [0.2, 0.25) is 0 Å². The highest BCUT2D eigenvalue weighted by molar-refractivity contribution is 9.10. The van der Waals surface area contributed by atoms with Crippen molar-refractivity contribution >= 4 is 15.9 Å². The van der Waals surface area contributed by atoms with Crippen molar-refractivity contribution in [3.63, 3.8) is 0 Å². The van der Waals surface area contributed by atoms with E-state index in [1.807, 2.05) is 12.1 Å². The lowest BCUT2D eigenvalue weighted by Crippen LogP contribution is -2.35. The third-order valence-corrected chi connectivity index (χ3v) is 5.33. The first-order valence-corrected chi connectivity index (χ1v) is 8.46. The van der Waals surface area contributed by atoms with E-state index >= 15 is 0 Å². The van der Waals surface area contributed by atoms with Crippen LogP contribution in [-0.2, 0) is 6.42 Å². The minimum atomic E-state index is -0.148. The summed E-state index contributed by atoms with van der Waals surface area (Å²) in [5.41, 5.74) is 7.07. The normalized spacial score (nSPS) is 24.9. The molecule has 112 valence electrons. The number of hydrogen-bond donors (Lipinski definition) is 1. The molecule has 3 heteroatoms. The van der Waals surface area contributed by atoms with Gasteiger partial charge >= 0.3 is 0 Å². The molecule has 0 spiro atoms. The largest absolute Gasteiger partial charge is 0.327 e. The fraction of sp³-hybridized carbons (Fsp3) is 0.647. The predicted molar refractivity (Wildman–Crippen MR) is 86.1 cm³/mol. The highest BCUT2D eigenvalue weighted by Crippen LogP contribution is 2.35. The molecule has 0 heterocycles. The van der Waals surface area contributed by atoms with Crippen LogP contribution in [0.15, 0.2) is 22.7 Å². The summed E-state index contributed by atoms with van der Waals surface area (Å²) in [6, 6.07) is 5.34. The molecule has 1 saturated carbocycles. The quantitative estimate of drug-likeness (QED) is 0.826. The van der Waals surface area contributed by atoms with E-state index in [0.29, 0.717) is 12.3 Å². The Kier molecular flexibility index (Phi) is 5.62. The van der Waals surface area contributed by atoms with Crippen LogP contribution in [0.2, 0.25) is 0 Å². The molecule has 0 bridgehead atoms. The van der Waals surface area contributed by atoms with Gasteiger partial charge in [0, 0.05) is 10.5 Å². The summed E-state index contributed by atoms with van der Waals surface area (Å²) < 4.78 is 14.6. The molecular weight excluding hydrogens is 317 g/mol. The molecule has 1 aromatic rings. The van der Waals surface area contributed by atoms with Crippen LogP contribution >= 0.6 is 15.9 Å². The topological polar surface area (TPSA) is 26.0 Å². The maximum absolute atomic E-state index is 13.9. The van der Waals surface area contributed by atoms with Crippen molar-refractivity contribution < 1.29 is 4.39 Å². The predicted octanol–water partition coefficient (Wildman–Crippen LogP) is 4.92. The van der Waals surface area contributed by atoms with E-state index in [1.54, 1.807) is 0 Å². The van der Waals surface area contributed by atoms with Crippen molar-refractivity contribution in [2.24, 2.45) is 23.5 Å². The summed E-state index contributed by atoms with van der Waals surface area (Å²) >= 11 is 3.29. The number of benzene rings is 1. The van der Waals surface area contributed by atoms with E-state index < -0.39 is 0 Å². The van der Waals surface area contributed by atoms with Crippen LogP contribution < -0.4 is 5.73 Å². The summed E-state index contributed by atoms with van der Waals surface area (Å²) in [5.74, 6) is 2.03. The van der Waals surface area contributed by atoms with Gasteiger partial charge in [-0.05, 0) is 67.6 Å². The van der Waals surface area contributed by atoms with Gasteiger partial charge in [0.05, 0.1) is 0 Å². The summed E-state index contributed by atoms with van der Waals surface area (Å²) in [5, 5.41) is 0. The Balaban J connectivity index is 1.91. The maximum atomic E-state index is 13.9. The first-order chi connectivity index (χ1) is 9.47. The van der Waals surface area contributed by atoms with E-state index in [4.69, 9.17) is 5.73 Å². The molecule has 1 fully saturated rings. The van der Waals surface area contributed by atoms with Crippen molar-refractivity contribution in [1.29, 1.82) is 0 Å². The van der Waals surface area contributed by atoms with E-state index in [1.165, 1.54) is 31.7 Å². The second-order valence-electron chi connectivity index (χ2n) is 6.52. The second-order valence-corrected chi connectivity index (χ2v) is 7.44. The van der Waals surface area contributed by atoms with Crippen LogP contribution in [-0.4, -0.2) is 6.04 Å². The van der Waals surface area contributed by atoms with Crippen molar-refractivity contribution in [3.8, 4) is 0 Å². The van der Waals surface area contributed by atoms with Gasteiger partial charge in [-0.15, -0.1) is 0 Å². The molecule has 0 aliphatic heterocycles. The summed E-state index contributed by atoms with van der Waals surface area (Å²) in [4.78, 5) is 0. The molecule has 1 unspecified atom stereocenters. The first-order valence-electron chi connectivity index (χ1n) is 7.67. The molecule has 1 aliphatic rings. The molecule has 1 aliphatic carbocycles. The molecule has 1 aromatic carbocycles. The Morgan fingerprint density at radius 3 is 2.35 bits per heavy atom. The zero-order valence-electron chi connectivity index (χ0n) is 12.4. The average molecular weight is 342 g/mol. The van der Waals surface area contributed by atoms with Crippen LogP contribution in [0.4, 0.5) is 4.39 Å². The highest BCUT2D eigenvalue weighted by atomic mass is 79.9. The second kappa shape index (κ2) is 7.04. The standard InChI is InChI=1S/C17H25BrFN/c1-11(2)12-3-5-13(6-4-12)17(20)9-14-7-8-15(18)10-16(14)19/h7-8,10-13,17H,3-6,9,20H2,1-2H3. The van der Waals surface area contributed by atoms with Gasteiger partial charge in [0.15, 0.2) is 0 Å². The molecule has 0 aromatic heterocycles. The van der Waals surface area contributed by atoms with Crippen molar-refractivity contribution in [3.05, 3.63) is 34.1 Å². The zero-order chi connectivity index (χ0) is 14.7. The lowest BCUT2D eigenvalue weighted by molar-refractivity contribution is 0.202. The smallest absolute Gasteiger partial charge is 0.127 e. The van der Waals surface area contributed by atoms with Gasteiger partial charge in [-0.2, -0.15) is 0 Å². The van der Waals surface area contributed by atoms with E-state index in [0.717, 1.165) is 21.9 Å². The van der Waals surface area contributed by atoms with E-state index in [9.17, 15) is 4.39 Å².